The molecule has 0 saturated carbocycles. The normalized spacial score (nSPS) is 13.3. The van der Waals surface area contributed by atoms with Gasteiger partial charge >= 0.3 is 0 Å². The molecule has 0 bridgehead atoms. The maximum atomic E-state index is 6.89. The lowest BCUT2D eigenvalue weighted by Crippen LogP contribution is -2.10. The Bertz CT molecular complexity index is 154. The van der Waals surface area contributed by atoms with Gasteiger partial charge in [0.2, 0.25) is 0 Å². The number of hydrogen-bond acceptors (Lipinski definition) is 1. The molecule has 0 unspecified atom stereocenters. The van der Waals surface area contributed by atoms with E-state index in [1.54, 1.807) is 0 Å². The van der Waals surface area contributed by atoms with Crippen molar-refractivity contribution in [1.82, 2.24) is 0 Å². The van der Waals surface area contributed by atoms with Crippen LogP contribution in [0.1, 0.15) is 40.5 Å². The Morgan fingerprint density at radius 3 is 2.36 bits per heavy atom. The van der Waals surface area contributed by atoms with Crippen molar-refractivity contribution in [1.29, 1.82) is 5.41 Å². The highest BCUT2D eigenvalue weighted by Crippen LogP contribution is 2.29. The van der Waals surface area contributed by atoms with Crippen molar-refractivity contribution in [2.75, 3.05) is 0 Å². The van der Waals surface area contributed by atoms with E-state index in [1.165, 1.54) is 11.8 Å². The van der Waals surface area contributed by atoms with Gasteiger partial charge in [-0.15, -0.1) is 0 Å². The molecule has 0 aromatic carbocycles. The van der Waals surface area contributed by atoms with Crippen LogP contribution in [-0.4, -0.2) is 6.21 Å². The second kappa shape index (κ2) is 4.32. The van der Waals surface area contributed by atoms with Crippen molar-refractivity contribution in [2.24, 2.45) is 5.41 Å². The molecule has 0 saturated heterocycles. The average Bonchev–Trinajstić information content (AvgIpc) is 2.00. The molecule has 64 valence electrons. The molecule has 0 fully saturated rings. The Kier molecular flexibility index (Phi) is 4.09. The second-order valence-electron chi connectivity index (χ2n) is 3.56. The van der Waals surface area contributed by atoms with Crippen LogP contribution >= 0.6 is 0 Å². The highest BCUT2D eigenvalue weighted by atomic mass is 14.3. The van der Waals surface area contributed by atoms with Gasteiger partial charge in [0.15, 0.2) is 0 Å². The highest BCUT2D eigenvalue weighted by Gasteiger charge is 2.15. The van der Waals surface area contributed by atoms with Crippen molar-refractivity contribution < 1.29 is 0 Å². The molecule has 0 amide bonds. The average molecular weight is 153 g/mol. The third-order valence-corrected chi connectivity index (χ3v) is 2.49. The summed E-state index contributed by atoms with van der Waals surface area (Å²) in [5.74, 6) is 0. The maximum Gasteiger partial charge on any atom is 0.000260 e. The van der Waals surface area contributed by atoms with Gasteiger partial charge in [0, 0.05) is 6.42 Å². The fourth-order valence-corrected chi connectivity index (χ4v) is 0.791. The summed E-state index contributed by atoms with van der Waals surface area (Å²) in [6.45, 7) is 8.82. The molecule has 0 aliphatic rings. The Morgan fingerprint density at radius 1 is 1.45 bits per heavy atom. The summed E-state index contributed by atoms with van der Waals surface area (Å²) in [7, 11) is 0. The first kappa shape index (κ1) is 10.4. The first-order valence-corrected chi connectivity index (χ1v) is 4.20. The van der Waals surface area contributed by atoms with Gasteiger partial charge < -0.3 is 5.41 Å². The van der Waals surface area contributed by atoms with Crippen LogP contribution in [0, 0.1) is 10.8 Å². The zero-order valence-corrected chi connectivity index (χ0v) is 8.07. The van der Waals surface area contributed by atoms with E-state index >= 15 is 0 Å². The van der Waals surface area contributed by atoms with E-state index in [1.807, 2.05) is 0 Å². The van der Waals surface area contributed by atoms with Crippen LogP contribution in [0.5, 0.6) is 0 Å². The van der Waals surface area contributed by atoms with Gasteiger partial charge in [-0.3, -0.25) is 0 Å². The minimum atomic E-state index is 0.309. The van der Waals surface area contributed by atoms with Crippen molar-refractivity contribution in [3.8, 4) is 0 Å². The maximum absolute atomic E-state index is 6.89. The molecule has 0 aromatic heterocycles. The van der Waals surface area contributed by atoms with Crippen molar-refractivity contribution in [3.63, 3.8) is 0 Å². The monoisotopic (exact) mass is 153 g/mol. The molecular weight excluding hydrogens is 134 g/mol. The van der Waals surface area contributed by atoms with E-state index in [9.17, 15) is 0 Å². The first-order valence-electron chi connectivity index (χ1n) is 4.20. The lowest BCUT2D eigenvalue weighted by Gasteiger charge is -2.23. The minimum Gasteiger partial charge on any atom is -0.313 e. The lowest BCUT2D eigenvalue weighted by atomic mass is 9.82. The van der Waals surface area contributed by atoms with E-state index in [4.69, 9.17) is 5.41 Å². The standard InChI is InChI=1S/C10H19N/c1-5-10(3,4)9(2)7-6-8-11/h7-8,11H,5-6H2,1-4H3/b9-7+,11-8?. The summed E-state index contributed by atoms with van der Waals surface area (Å²) in [4.78, 5) is 0. The predicted molar refractivity (Wildman–Crippen MR) is 51.2 cm³/mol. The topological polar surface area (TPSA) is 23.9 Å². The highest BCUT2D eigenvalue weighted by molar-refractivity contribution is 5.55. The Balaban J connectivity index is 4.20. The van der Waals surface area contributed by atoms with Gasteiger partial charge in [-0.2, -0.15) is 0 Å². The molecule has 0 rings (SSSR count). The zero-order chi connectivity index (χ0) is 8.91. The third-order valence-electron chi connectivity index (χ3n) is 2.49. The molecule has 0 aromatic rings. The van der Waals surface area contributed by atoms with Crippen LogP contribution < -0.4 is 0 Å². The summed E-state index contributed by atoms with van der Waals surface area (Å²) in [5.41, 5.74) is 1.70. The summed E-state index contributed by atoms with van der Waals surface area (Å²) in [5, 5.41) is 6.89. The van der Waals surface area contributed by atoms with E-state index < -0.39 is 0 Å². The number of nitrogens with one attached hydrogen (secondary N) is 1. The van der Waals surface area contributed by atoms with Gasteiger partial charge in [-0.1, -0.05) is 32.4 Å². The van der Waals surface area contributed by atoms with Crippen molar-refractivity contribution >= 4 is 6.21 Å². The van der Waals surface area contributed by atoms with E-state index in [0.717, 1.165) is 12.8 Å². The first-order chi connectivity index (χ1) is 5.04. The molecule has 0 aliphatic heterocycles. The number of hydrogen-bond donors (Lipinski definition) is 1. The summed E-state index contributed by atoms with van der Waals surface area (Å²) in [6.07, 6.45) is 5.51. The fraction of sp³-hybridized carbons (Fsp3) is 0.700. The van der Waals surface area contributed by atoms with Crippen LogP contribution in [0.15, 0.2) is 11.6 Å². The third kappa shape index (κ3) is 3.35. The Hall–Kier alpha value is -0.590. The van der Waals surface area contributed by atoms with Gasteiger partial charge in [0.25, 0.3) is 0 Å². The SMILES string of the molecule is CCC(C)(C)/C(C)=C/CC=N. The molecule has 0 atom stereocenters. The zero-order valence-electron chi connectivity index (χ0n) is 8.07. The summed E-state index contributed by atoms with van der Waals surface area (Å²) >= 11 is 0. The Labute approximate surface area is 70.0 Å². The largest absolute Gasteiger partial charge is 0.313 e. The van der Waals surface area contributed by atoms with Crippen LogP contribution in [0.2, 0.25) is 0 Å². The van der Waals surface area contributed by atoms with Gasteiger partial charge in [-0.05, 0) is 25.0 Å². The van der Waals surface area contributed by atoms with Crippen LogP contribution in [0.4, 0.5) is 0 Å². The number of allylic oxidation sites excluding steroid dienone is 2. The van der Waals surface area contributed by atoms with Gasteiger partial charge in [0.05, 0.1) is 0 Å². The van der Waals surface area contributed by atoms with E-state index in [0.29, 0.717) is 5.41 Å². The molecule has 0 aliphatic carbocycles. The smallest absolute Gasteiger partial charge is 0.000260 e. The summed E-state index contributed by atoms with van der Waals surface area (Å²) in [6, 6.07) is 0. The lowest BCUT2D eigenvalue weighted by molar-refractivity contribution is 0.428. The molecule has 1 nitrogen and oxygen atoms in total. The molecule has 0 spiro atoms. The fourth-order valence-electron chi connectivity index (χ4n) is 0.791. The van der Waals surface area contributed by atoms with Crippen molar-refractivity contribution in [2.45, 2.75) is 40.5 Å². The van der Waals surface area contributed by atoms with E-state index in [-0.39, 0.29) is 0 Å². The molecule has 0 radical (unpaired) electrons. The van der Waals surface area contributed by atoms with Crippen LogP contribution in [0.3, 0.4) is 0 Å². The summed E-state index contributed by atoms with van der Waals surface area (Å²) < 4.78 is 0. The molecule has 0 heterocycles. The van der Waals surface area contributed by atoms with Crippen LogP contribution in [0.25, 0.3) is 0 Å². The quantitative estimate of drug-likeness (QED) is 0.473. The second-order valence-corrected chi connectivity index (χ2v) is 3.56. The Morgan fingerprint density at radius 2 is 2.00 bits per heavy atom. The van der Waals surface area contributed by atoms with E-state index in [2.05, 4.69) is 33.8 Å². The van der Waals surface area contributed by atoms with Crippen LogP contribution in [-0.2, 0) is 0 Å². The molecule has 11 heavy (non-hydrogen) atoms. The number of rotatable bonds is 4. The van der Waals surface area contributed by atoms with Gasteiger partial charge in [0.1, 0.15) is 0 Å². The van der Waals surface area contributed by atoms with Crippen molar-refractivity contribution in [3.05, 3.63) is 11.6 Å². The van der Waals surface area contributed by atoms with Gasteiger partial charge in [-0.25, -0.2) is 0 Å². The molecule has 1 heteroatoms. The molecule has 1 N–H and O–H groups in total. The molecular formula is C10H19N. The predicted octanol–water partition coefficient (Wildman–Crippen LogP) is 3.41. The minimum absolute atomic E-state index is 0.309.